The average molecular weight is 278 g/mol. The molecule has 0 spiro atoms. The molecule has 1 atom stereocenters. The lowest BCUT2D eigenvalue weighted by Crippen LogP contribution is -2.29. The molecular formula is C16H26N2O2. The first-order chi connectivity index (χ1) is 9.58. The minimum Gasteiger partial charge on any atom is -0.396 e. The van der Waals surface area contributed by atoms with Crippen LogP contribution in [0, 0.1) is 5.92 Å². The molecule has 4 heteroatoms. The van der Waals surface area contributed by atoms with Gasteiger partial charge in [0, 0.05) is 38.0 Å². The van der Waals surface area contributed by atoms with Crippen molar-refractivity contribution in [2.75, 3.05) is 31.6 Å². The number of amides is 1. The zero-order valence-corrected chi connectivity index (χ0v) is 12.7. The summed E-state index contributed by atoms with van der Waals surface area (Å²) in [6.45, 7) is 5.67. The number of hydrogen-bond acceptors (Lipinski definition) is 3. The van der Waals surface area contributed by atoms with E-state index >= 15 is 0 Å². The Labute approximate surface area is 121 Å². The van der Waals surface area contributed by atoms with Crippen LogP contribution in [0.4, 0.5) is 5.69 Å². The van der Waals surface area contributed by atoms with Crippen molar-refractivity contribution in [3.8, 4) is 0 Å². The van der Waals surface area contributed by atoms with Crippen molar-refractivity contribution in [3.63, 3.8) is 0 Å². The third-order valence-electron chi connectivity index (χ3n) is 3.34. The molecule has 4 nitrogen and oxygen atoms in total. The first kappa shape index (κ1) is 16.5. The number of carbonyl (C=O) groups excluding carboxylic acids is 1. The van der Waals surface area contributed by atoms with Gasteiger partial charge in [-0.15, -0.1) is 0 Å². The fourth-order valence-electron chi connectivity index (χ4n) is 1.83. The van der Waals surface area contributed by atoms with Gasteiger partial charge in [-0.05, 0) is 36.6 Å². The van der Waals surface area contributed by atoms with Crippen LogP contribution >= 0.6 is 0 Å². The monoisotopic (exact) mass is 278 g/mol. The number of benzene rings is 1. The zero-order chi connectivity index (χ0) is 15.0. The molecule has 1 rings (SSSR count). The number of rotatable bonds is 8. The Kier molecular flexibility index (Phi) is 7.09. The second-order valence-electron chi connectivity index (χ2n) is 5.32. The second-order valence-corrected chi connectivity index (χ2v) is 5.32. The molecule has 0 fully saturated rings. The van der Waals surface area contributed by atoms with Crippen LogP contribution in [0.1, 0.15) is 37.0 Å². The van der Waals surface area contributed by atoms with Crippen LogP contribution in [-0.4, -0.2) is 37.8 Å². The summed E-state index contributed by atoms with van der Waals surface area (Å²) in [5, 5.41) is 11.7. The highest BCUT2D eigenvalue weighted by molar-refractivity contribution is 5.94. The maximum Gasteiger partial charge on any atom is 0.251 e. The van der Waals surface area contributed by atoms with E-state index in [1.54, 1.807) is 0 Å². The Balaban J connectivity index is 2.55. The maximum absolute atomic E-state index is 11.9. The Morgan fingerprint density at radius 3 is 2.55 bits per heavy atom. The van der Waals surface area contributed by atoms with Crippen molar-refractivity contribution in [2.45, 2.75) is 26.7 Å². The summed E-state index contributed by atoms with van der Waals surface area (Å²) in [4.78, 5) is 14.1. The van der Waals surface area contributed by atoms with E-state index in [0.717, 1.165) is 18.7 Å². The first-order valence-corrected chi connectivity index (χ1v) is 7.28. The van der Waals surface area contributed by atoms with Crippen LogP contribution in [0.25, 0.3) is 0 Å². The smallest absolute Gasteiger partial charge is 0.251 e. The molecule has 1 aromatic carbocycles. The van der Waals surface area contributed by atoms with Crippen LogP contribution in [0.5, 0.6) is 0 Å². The third-order valence-corrected chi connectivity index (χ3v) is 3.34. The van der Waals surface area contributed by atoms with Crippen molar-refractivity contribution in [2.24, 2.45) is 5.92 Å². The van der Waals surface area contributed by atoms with Gasteiger partial charge < -0.3 is 15.3 Å². The van der Waals surface area contributed by atoms with Gasteiger partial charge in [-0.2, -0.15) is 0 Å². The van der Waals surface area contributed by atoms with Crippen LogP contribution < -0.4 is 10.2 Å². The average Bonchev–Trinajstić information content (AvgIpc) is 2.49. The lowest BCUT2D eigenvalue weighted by atomic mass is 10.1. The largest absolute Gasteiger partial charge is 0.396 e. The molecule has 2 N–H and O–H groups in total. The van der Waals surface area contributed by atoms with Gasteiger partial charge in [0.25, 0.3) is 5.91 Å². The highest BCUT2D eigenvalue weighted by Crippen LogP contribution is 2.14. The van der Waals surface area contributed by atoms with E-state index in [0.29, 0.717) is 12.1 Å². The number of aliphatic hydroxyl groups excluding tert-OH is 1. The lowest BCUT2D eigenvalue weighted by Gasteiger charge is -2.19. The van der Waals surface area contributed by atoms with Crippen LogP contribution in [0.2, 0.25) is 0 Å². The standard InChI is InChI=1S/C16H26N2O2/c1-4-5-10-18(3)15-8-6-14(7-9-15)16(20)17-11-13(2)12-19/h6-9,13,19H,4-5,10-12H2,1-3H3,(H,17,20). The number of nitrogens with one attached hydrogen (secondary N) is 1. The first-order valence-electron chi connectivity index (χ1n) is 7.28. The summed E-state index contributed by atoms with van der Waals surface area (Å²) in [7, 11) is 2.06. The quantitative estimate of drug-likeness (QED) is 0.767. The highest BCUT2D eigenvalue weighted by Gasteiger charge is 2.08. The van der Waals surface area contributed by atoms with Gasteiger partial charge in [-0.25, -0.2) is 0 Å². The molecule has 0 aromatic heterocycles. The molecule has 20 heavy (non-hydrogen) atoms. The van der Waals surface area contributed by atoms with E-state index in [2.05, 4.69) is 24.2 Å². The van der Waals surface area contributed by atoms with Gasteiger partial charge in [0.2, 0.25) is 0 Å². The van der Waals surface area contributed by atoms with E-state index in [-0.39, 0.29) is 18.4 Å². The third kappa shape index (κ3) is 5.21. The Bertz CT molecular complexity index is 403. The number of unbranched alkanes of at least 4 members (excludes halogenated alkanes) is 1. The Morgan fingerprint density at radius 1 is 1.35 bits per heavy atom. The van der Waals surface area contributed by atoms with Gasteiger partial charge in [0.15, 0.2) is 0 Å². The Morgan fingerprint density at radius 2 is 2.00 bits per heavy atom. The minimum absolute atomic E-state index is 0.0819. The fourth-order valence-corrected chi connectivity index (χ4v) is 1.83. The van der Waals surface area contributed by atoms with E-state index in [1.165, 1.54) is 6.42 Å². The van der Waals surface area contributed by atoms with Gasteiger partial charge in [0.05, 0.1) is 0 Å². The van der Waals surface area contributed by atoms with Crippen molar-refractivity contribution in [1.29, 1.82) is 0 Å². The van der Waals surface area contributed by atoms with Gasteiger partial charge >= 0.3 is 0 Å². The number of anilines is 1. The molecule has 0 aliphatic carbocycles. The molecule has 1 amide bonds. The zero-order valence-electron chi connectivity index (χ0n) is 12.7. The van der Waals surface area contributed by atoms with Crippen LogP contribution in [0.3, 0.4) is 0 Å². The number of hydrogen-bond donors (Lipinski definition) is 2. The predicted octanol–water partition coefficient (Wildman–Crippen LogP) is 2.28. The summed E-state index contributed by atoms with van der Waals surface area (Å²) in [5.74, 6) is -0.00791. The number of nitrogens with zero attached hydrogens (tertiary/aromatic N) is 1. The summed E-state index contributed by atoms with van der Waals surface area (Å²) in [6, 6.07) is 7.63. The van der Waals surface area contributed by atoms with E-state index < -0.39 is 0 Å². The van der Waals surface area contributed by atoms with Gasteiger partial charge in [0.1, 0.15) is 0 Å². The van der Waals surface area contributed by atoms with Crippen molar-refractivity contribution in [3.05, 3.63) is 29.8 Å². The summed E-state index contributed by atoms with van der Waals surface area (Å²) in [5.41, 5.74) is 1.78. The SMILES string of the molecule is CCCCN(C)c1ccc(C(=O)NCC(C)CO)cc1. The molecule has 0 bridgehead atoms. The van der Waals surface area contributed by atoms with E-state index in [1.807, 2.05) is 31.2 Å². The van der Waals surface area contributed by atoms with Crippen molar-refractivity contribution in [1.82, 2.24) is 5.32 Å². The van der Waals surface area contributed by atoms with Crippen molar-refractivity contribution >= 4 is 11.6 Å². The lowest BCUT2D eigenvalue weighted by molar-refractivity contribution is 0.0942. The molecule has 1 aromatic rings. The van der Waals surface area contributed by atoms with Gasteiger partial charge in [-0.3, -0.25) is 4.79 Å². The topological polar surface area (TPSA) is 52.6 Å². The summed E-state index contributed by atoms with van der Waals surface area (Å²) < 4.78 is 0. The highest BCUT2D eigenvalue weighted by atomic mass is 16.3. The molecule has 0 aliphatic rings. The van der Waals surface area contributed by atoms with Gasteiger partial charge in [-0.1, -0.05) is 20.3 Å². The molecule has 1 unspecified atom stereocenters. The predicted molar refractivity (Wildman–Crippen MR) is 83.2 cm³/mol. The molecular weight excluding hydrogens is 252 g/mol. The summed E-state index contributed by atoms with van der Waals surface area (Å²) in [6.07, 6.45) is 2.34. The molecule has 0 heterocycles. The molecule has 0 radical (unpaired) electrons. The molecule has 112 valence electrons. The number of aliphatic hydroxyl groups is 1. The van der Waals surface area contributed by atoms with E-state index in [9.17, 15) is 4.79 Å². The van der Waals surface area contributed by atoms with Crippen LogP contribution in [0.15, 0.2) is 24.3 Å². The normalized spacial score (nSPS) is 12.0. The second kappa shape index (κ2) is 8.59. The summed E-state index contributed by atoms with van der Waals surface area (Å²) >= 11 is 0. The number of carbonyl (C=O) groups is 1. The molecule has 0 saturated carbocycles. The van der Waals surface area contributed by atoms with Crippen LogP contribution in [-0.2, 0) is 0 Å². The Hall–Kier alpha value is -1.55. The van der Waals surface area contributed by atoms with Crippen molar-refractivity contribution < 1.29 is 9.90 Å². The minimum atomic E-state index is -0.0898. The van der Waals surface area contributed by atoms with E-state index in [4.69, 9.17) is 5.11 Å². The molecule has 0 aliphatic heterocycles. The maximum atomic E-state index is 11.9. The molecule has 0 saturated heterocycles. The fraction of sp³-hybridized carbons (Fsp3) is 0.562.